The van der Waals surface area contributed by atoms with Gasteiger partial charge in [-0.3, -0.25) is 4.79 Å². The van der Waals surface area contributed by atoms with Gasteiger partial charge in [0.2, 0.25) is 15.9 Å². The summed E-state index contributed by atoms with van der Waals surface area (Å²) in [5.74, 6) is -0.344. The lowest BCUT2D eigenvalue weighted by molar-refractivity contribution is -0.121. The minimum Gasteiger partial charge on any atom is -0.383 e. The first-order valence-electron chi connectivity index (χ1n) is 6.33. The maximum atomic E-state index is 12.4. The third-order valence-electron chi connectivity index (χ3n) is 2.68. The van der Waals surface area contributed by atoms with E-state index in [1.807, 2.05) is 0 Å². The Morgan fingerprint density at radius 1 is 1.30 bits per heavy atom. The molecular formula is C13H20N2O4S. The Hall–Kier alpha value is -1.44. The summed E-state index contributed by atoms with van der Waals surface area (Å²) >= 11 is 0. The number of sulfonamides is 1. The predicted molar refractivity (Wildman–Crippen MR) is 75.8 cm³/mol. The molecule has 0 saturated carbocycles. The van der Waals surface area contributed by atoms with E-state index in [0.29, 0.717) is 13.2 Å². The van der Waals surface area contributed by atoms with Crippen molar-refractivity contribution in [1.29, 1.82) is 0 Å². The summed E-state index contributed by atoms with van der Waals surface area (Å²) in [6.45, 7) is 2.48. The van der Waals surface area contributed by atoms with Crippen LogP contribution in [0.25, 0.3) is 0 Å². The van der Waals surface area contributed by atoms with E-state index < -0.39 is 10.0 Å². The summed E-state index contributed by atoms with van der Waals surface area (Å²) in [6.07, 6.45) is 0. The highest BCUT2D eigenvalue weighted by molar-refractivity contribution is 7.89. The van der Waals surface area contributed by atoms with Crippen molar-refractivity contribution >= 4 is 15.9 Å². The molecule has 0 atom stereocenters. The summed E-state index contributed by atoms with van der Waals surface area (Å²) in [6, 6.07) is 8.08. The molecule has 1 aromatic carbocycles. The fraction of sp³-hybridized carbons (Fsp3) is 0.462. The second-order valence-electron chi connectivity index (χ2n) is 4.09. The molecule has 1 N–H and O–H groups in total. The molecule has 0 saturated heterocycles. The van der Waals surface area contributed by atoms with Gasteiger partial charge in [0.05, 0.1) is 18.0 Å². The molecule has 20 heavy (non-hydrogen) atoms. The summed E-state index contributed by atoms with van der Waals surface area (Å²) < 4.78 is 30.7. The average Bonchev–Trinajstić information content (AvgIpc) is 2.45. The van der Waals surface area contributed by atoms with Gasteiger partial charge in [-0.15, -0.1) is 0 Å². The van der Waals surface area contributed by atoms with Crippen LogP contribution in [-0.2, 0) is 19.6 Å². The van der Waals surface area contributed by atoms with Crippen LogP contribution in [0.2, 0.25) is 0 Å². The first-order chi connectivity index (χ1) is 9.52. The van der Waals surface area contributed by atoms with Gasteiger partial charge in [-0.05, 0) is 12.1 Å². The Balaban J connectivity index is 2.73. The minimum atomic E-state index is -3.64. The Morgan fingerprint density at radius 3 is 2.50 bits per heavy atom. The number of carbonyl (C=O) groups excluding carboxylic acids is 1. The zero-order valence-electron chi connectivity index (χ0n) is 11.7. The van der Waals surface area contributed by atoms with Crippen molar-refractivity contribution in [3.63, 3.8) is 0 Å². The maximum absolute atomic E-state index is 12.4. The normalized spacial score (nSPS) is 11.6. The number of ether oxygens (including phenoxy) is 1. The summed E-state index contributed by atoms with van der Waals surface area (Å²) in [5, 5.41) is 2.60. The van der Waals surface area contributed by atoms with Gasteiger partial charge in [-0.1, -0.05) is 25.1 Å². The number of benzene rings is 1. The van der Waals surface area contributed by atoms with Crippen molar-refractivity contribution in [2.45, 2.75) is 11.8 Å². The molecule has 0 radical (unpaired) electrons. The lowest BCUT2D eigenvalue weighted by Gasteiger charge is -2.20. The Labute approximate surface area is 119 Å². The largest absolute Gasteiger partial charge is 0.383 e. The molecular weight excluding hydrogens is 280 g/mol. The van der Waals surface area contributed by atoms with Crippen molar-refractivity contribution in [3.8, 4) is 0 Å². The van der Waals surface area contributed by atoms with Crippen molar-refractivity contribution < 1.29 is 17.9 Å². The highest BCUT2D eigenvalue weighted by Gasteiger charge is 2.24. The number of likely N-dealkylation sites (N-methyl/N-ethyl adjacent to an activating group) is 1. The van der Waals surface area contributed by atoms with Gasteiger partial charge in [0.15, 0.2) is 0 Å². The molecule has 1 amide bonds. The van der Waals surface area contributed by atoms with Gasteiger partial charge in [0.1, 0.15) is 0 Å². The fourth-order valence-corrected chi connectivity index (χ4v) is 3.04. The van der Waals surface area contributed by atoms with Gasteiger partial charge in [0, 0.05) is 20.2 Å². The third-order valence-corrected chi connectivity index (χ3v) is 4.62. The van der Waals surface area contributed by atoms with Gasteiger partial charge in [-0.2, -0.15) is 4.31 Å². The van der Waals surface area contributed by atoms with Crippen LogP contribution in [0.3, 0.4) is 0 Å². The van der Waals surface area contributed by atoms with Crippen LogP contribution in [0, 0.1) is 0 Å². The molecule has 0 heterocycles. The maximum Gasteiger partial charge on any atom is 0.243 e. The smallest absolute Gasteiger partial charge is 0.243 e. The number of methoxy groups -OCH3 is 1. The zero-order chi connectivity index (χ0) is 15.0. The first-order valence-corrected chi connectivity index (χ1v) is 7.77. The molecule has 7 heteroatoms. The van der Waals surface area contributed by atoms with Crippen LogP contribution in [-0.4, -0.2) is 52.0 Å². The Kier molecular flexibility index (Phi) is 6.63. The standard InChI is InChI=1S/C13H20N2O4S/c1-3-15(11-13(16)14-9-10-19-2)20(17,18)12-7-5-4-6-8-12/h4-8H,3,9-11H2,1-2H3,(H,14,16). The SMILES string of the molecule is CCN(CC(=O)NCCOC)S(=O)(=O)c1ccccc1. The van der Waals surface area contributed by atoms with E-state index in [4.69, 9.17) is 4.74 Å². The molecule has 0 aliphatic heterocycles. The summed E-state index contributed by atoms with van der Waals surface area (Å²) in [4.78, 5) is 11.9. The first kappa shape index (κ1) is 16.6. The van der Waals surface area contributed by atoms with Gasteiger partial charge < -0.3 is 10.1 Å². The van der Waals surface area contributed by atoms with Crippen molar-refractivity contribution in [2.75, 3.05) is 33.4 Å². The third kappa shape index (κ3) is 4.59. The second kappa shape index (κ2) is 7.98. The number of carbonyl (C=O) groups is 1. The van der Waals surface area contributed by atoms with Gasteiger partial charge in [0.25, 0.3) is 0 Å². The second-order valence-corrected chi connectivity index (χ2v) is 6.02. The van der Waals surface area contributed by atoms with Gasteiger partial charge >= 0.3 is 0 Å². The number of amides is 1. The number of nitrogens with zero attached hydrogens (tertiary/aromatic N) is 1. The predicted octanol–water partition coefficient (Wildman–Crippen LogP) is 0.460. The molecule has 0 unspecified atom stereocenters. The molecule has 0 bridgehead atoms. The van der Waals surface area contributed by atoms with E-state index in [1.54, 1.807) is 25.1 Å². The highest BCUT2D eigenvalue weighted by atomic mass is 32.2. The molecule has 0 aliphatic rings. The van der Waals surface area contributed by atoms with E-state index >= 15 is 0 Å². The van der Waals surface area contributed by atoms with E-state index in [-0.39, 0.29) is 23.9 Å². The average molecular weight is 300 g/mol. The summed E-state index contributed by atoms with van der Waals surface area (Å²) in [5.41, 5.74) is 0. The zero-order valence-corrected chi connectivity index (χ0v) is 12.5. The number of rotatable bonds is 8. The highest BCUT2D eigenvalue weighted by Crippen LogP contribution is 2.14. The van der Waals surface area contributed by atoms with Crippen LogP contribution in [0.4, 0.5) is 0 Å². The van der Waals surface area contributed by atoms with Crippen molar-refractivity contribution in [1.82, 2.24) is 9.62 Å². The van der Waals surface area contributed by atoms with E-state index in [1.165, 1.54) is 19.2 Å². The lowest BCUT2D eigenvalue weighted by Crippen LogP contribution is -2.41. The van der Waals surface area contributed by atoms with E-state index in [2.05, 4.69) is 5.32 Å². The molecule has 6 nitrogen and oxygen atoms in total. The van der Waals surface area contributed by atoms with Crippen LogP contribution < -0.4 is 5.32 Å². The lowest BCUT2D eigenvalue weighted by atomic mass is 10.4. The number of hydrogen-bond donors (Lipinski definition) is 1. The molecule has 0 spiro atoms. The monoisotopic (exact) mass is 300 g/mol. The molecule has 0 aromatic heterocycles. The molecule has 1 rings (SSSR count). The van der Waals surface area contributed by atoms with Crippen LogP contribution in [0.1, 0.15) is 6.92 Å². The molecule has 0 aliphatic carbocycles. The molecule has 0 fully saturated rings. The Bertz CT molecular complexity index is 516. The minimum absolute atomic E-state index is 0.187. The van der Waals surface area contributed by atoms with Crippen LogP contribution in [0.5, 0.6) is 0 Å². The Morgan fingerprint density at radius 2 is 1.95 bits per heavy atom. The van der Waals surface area contributed by atoms with E-state index in [0.717, 1.165) is 4.31 Å². The number of hydrogen-bond acceptors (Lipinski definition) is 4. The van der Waals surface area contributed by atoms with Crippen LogP contribution in [0.15, 0.2) is 35.2 Å². The molecule has 1 aromatic rings. The quantitative estimate of drug-likeness (QED) is 0.708. The van der Waals surface area contributed by atoms with Crippen molar-refractivity contribution in [3.05, 3.63) is 30.3 Å². The van der Waals surface area contributed by atoms with Gasteiger partial charge in [-0.25, -0.2) is 8.42 Å². The van der Waals surface area contributed by atoms with Crippen molar-refractivity contribution in [2.24, 2.45) is 0 Å². The van der Waals surface area contributed by atoms with Crippen LogP contribution >= 0.6 is 0 Å². The fourth-order valence-electron chi connectivity index (χ4n) is 1.62. The van der Waals surface area contributed by atoms with E-state index in [9.17, 15) is 13.2 Å². The molecule has 112 valence electrons. The topological polar surface area (TPSA) is 75.7 Å². The summed E-state index contributed by atoms with van der Waals surface area (Å²) in [7, 11) is -2.10. The number of nitrogens with one attached hydrogen (secondary N) is 1.